The van der Waals surface area contributed by atoms with Crippen LogP contribution in [0, 0.1) is 5.92 Å². The van der Waals surface area contributed by atoms with Crippen LogP contribution in [-0.4, -0.2) is 68.2 Å². The van der Waals surface area contributed by atoms with Crippen molar-refractivity contribution in [2.24, 2.45) is 10.9 Å². The van der Waals surface area contributed by atoms with Gasteiger partial charge < -0.3 is 19.9 Å². The first-order valence-corrected chi connectivity index (χ1v) is 10.4. The Balaban J connectivity index is 1.68. The second-order valence-corrected chi connectivity index (χ2v) is 7.67. The number of likely N-dealkylation sites (tertiary alicyclic amines) is 1. The monoisotopic (exact) mass is 412 g/mol. The van der Waals surface area contributed by atoms with Gasteiger partial charge in [0.2, 0.25) is 0 Å². The molecule has 0 radical (unpaired) electrons. The third-order valence-electron chi connectivity index (χ3n) is 5.60. The summed E-state index contributed by atoms with van der Waals surface area (Å²) in [5.74, 6) is 1.38. The minimum atomic E-state index is -4.35. The first kappa shape index (κ1) is 21.9. The van der Waals surface area contributed by atoms with Crippen molar-refractivity contribution in [1.82, 2.24) is 15.1 Å². The van der Waals surface area contributed by atoms with Crippen LogP contribution >= 0.6 is 0 Å². The van der Waals surface area contributed by atoms with Crippen molar-refractivity contribution < 1.29 is 17.9 Å². The molecule has 162 valence electrons. The molecule has 0 saturated carbocycles. The number of halogens is 3. The lowest BCUT2D eigenvalue weighted by Crippen LogP contribution is -2.48. The lowest BCUT2D eigenvalue weighted by atomic mass is 10.0. The van der Waals surface area contributed by atoms with Gasteiger partial charge in [0.1, 0.15) is 6.10 Å². The van der Waals surface area contributed by atoms with Crippen LogP contribution in [0.3, 0.4) is 0 Å². The fourth-order valence-corrected chi connectivity index (χ4v) is 3.95. The highest BCUT2D eigenvalue weighted by Gasteiger charge is 2.32. The van der Waals surface area contributed by atoms with Gasteiger partial charge >= 0.3 is 6.18 Å². The summed E-state index contributed by atoms with van der Waals surface area (Å²) in [6, 6.07) is 5.43. The lowest BCUT2D eigenvalue weighted by Gasteiger charge is -2.35. The minimum absolute atomic E-state index is 0.406. The molecule has 5 nitrogen and oxygen atoms in total. The van der Waals surface area contributed by atoms with Gasteiger partial charge in [0.15, 0.2) is 5.96 Å². The Bertz CT molecular complexity index is 695. The molecule has 2 unspecified atom stereocenters. The Labute approximate surface area is 170 Å². The van der Waals surface area contributed by atoms with Crippen LogP contribution in [0.15, 0.2) is 29.3 Å². The summed E-state index contributed by atoms with van der Waals surface area (Å²) in [5.41, 5.74) is -0.0900. The number of benzene rings is 1. The van der Waals surface area contributed by atoms with Crippen LogP contribution in [0.5, 0.6) is 0 Å². The number of nitrogens with zero attached hydrogens (tertiary/aromatic N) is 3. The molecule has 1 aromatic rings. The molecule has 0 aromatic heterocycles. The molecule has 29 heavy (non-hydrogen) atoms. The third kappa shape index (κ3) is 5.85. The molecule has 2 aliphatic heterocycles. The molecular formula is C21H31F3N4O. The number of alkyl halides is 3. The number of guanidine groups is 1. The molecule has 2 saturated heterocycles. The van der Waals surface area contributed by atoms with Crippen LogP contribution in [0.25, 0.3) is 0 Å². The number of nitrogens with one attached hydrogen (secondary N) is 1. The van der Waals surface area contributed by atoms with E-state index in [4.69, 9.17) is 9.73 Å². The summed E-state index contributed by atoms with van der Waals surface area (Å²) in [6.45, 7) is 10.6. The number of hydrogen-bond donors (Lipinski definition) is 1. The van der Waals surface area contributed by atoms with E-state index in [-0.39, 0.29) is 0 Å². The maximum Gasteiger partial charge on any atom is 0.416 e. The summed E-state index contributed by atoms with van der Waals surface area (Å²) in [6.07, 6.45) is -3.60. The number of hydrogen-bond acceptors (Lipinski definition) is 3. The van der Waals surface area contributed by atoms with Crippen molar-refractivity contribution in [3.63, 3.8) is 0 Å². The van der Waals surface area contributed by atoms with Gasteiger partial charge in [0.25, 0.3) is 0 Å². The van der Waals surface area contributed by atoms with Gasteiger partial charge in [-0.15, -0.1) is 0 Å². The molecule has 0 aliphatic carbocycles. The standard InChI is InChI=1S/C21H31F3N4O/c1-3-25-20(26-13-16-8-9-27(4-2)14-16)28-10-11-29-19(15-28)17-6-5-7-18(12-17)21(22,23)24/h5-7,12,16,19H,3-4,8-11,13-15H2,1-2H3,(H,25,26). The average Bonchev–Trinajstić information content (AvgIpc) is 3.19. The summed E-state index contributed by atoms with van der Waals surface area (Å²) in [7, 11) is 0. The highest BCUT2D eigenvalue weighted by Crippen LogP contribution is 2.32. The van der Waals surface area contributed by atoms with Crippen LogP contribution in [0.2, 0.25) is 0 Å². The lowest BCUT2D eigenvalue weighted by molar-refractivity contribution is -0.137. The molecule has 2 heterocycles. The van der Waals surface area contributed by atoms with E-state index in [9.17, 15) is 13.2 Å². The Hall–Kier alpha value is -1.80. The summed E-state index contributed by atoms with van der Waals surface area (Å²) in [5, 5.41) is 3.34. The molecule has 0 bridgehead atoms. The Morgan fingerprint density at radius 2 is 2.07 bits per heavy atom. The maximum atomic E-state index is 13.1. The zero-order chi connectivity index (χ0) is 20.9. The highest BCUT2D eigenvalue weighted by molar-refractivity contribution is 5.80. The quantitative estimate of drug-likeness (QED) is 0.595. The predicted molar refractivity (Wildman–Crippen MR) is 108 cm³/mol. The number of aliphatic imine (C=N–C) groups is 1. The smallest absolute Gasteiger partial charge is 0.370 e. The van der Waals surface area contributed by atoms with Crippen molar-refractivity contribution in [1.29, 1.82) is 0 Å². The van der Waals surface area contributed by atoms with Gasteiger partial charge in [0, 0.05) is 26.2 Å². The van der Waals surface area contributed by atoms with Crippen LogP contribution in [-0.2, 0) is 10.9 Å². The minimum Gasteiger partial charge on any atom is -0.370 e. The SMILES string of the molecule is CCNC(=NCC1CCN(CC)C1)N1CCOC(c2cccc(C(F)(F)F)c2)C1. The molecule has 2 aliphatic rings. The van der Waals surface area contributed by atoms with E-state index in [1.807, 2.05) is 6.92 Å². The Kier molecular flexibility index (Phi) is 7.40. The predicted octanol–water partition coefficient (Wildman–Crippen LogP) is 3.39. The second-order valence-electron chi connectivity index (χ2n) is 7.67. The third-order valence-corrected chi connectivity index (χ3v) is 5.60. The normalized spacial score (nSPS) is 24.2. The first-order valence-electron chi connectivity index (χ1n) is 10.4. The molecule has 3 rings (SSSR count). The molecule has 8 heteroatoms. The number of ether oxygens (including phenoxy) is 1. The van der Waals surface area contributed by atoms with E-state index in [2.05, 4.69) is 22.0 Å². The van der Waals surface area contributed by atoms with E-state index >= 15 is 0 Å². The van der Waals surface area contributed by atoms with Gasteiger partial charge in [-0.3, -0.25) is 4.99 Å². The van der Waals surface area contributed by atoms with E-state index in [0.717, 1.165) is 51.2 Å². The molecule has 2 fully saturated rings. The van der Waals surface area contributed by atoms with Crippen LogP contribution in [0.1, 0.15) is 37.5 Å². The summed E-state index contributed by atoms with van der Waals surface area (Å²) in [4.78, 5) is 9.38. The summed E-state index contributed by atoms with van der Waals surface area (Å²) < 4.78 is 45.0. The van der Waals surface area contributed by atoms with E-state index in [1.54, 1.807) is 6.07 Å². The van der Waals surface area contributed by atoms with E-state index < -0.39 is 17.8 Å². The van der Waals surface area contributed by atoms with Gasteiger partial charge in [-0.2, -0.15) is 13.2 Å². The Morgan fingerprint density at radius 1 is 1.24 bits per heavy atom. The van der Waals surface area contributed by atoms with Crippen molar-refractivity contribution >= 4 is 5.96 Å². The number of morpholine rings is 1. The van der Waals surface area contributed by atoms with Gasteiger partial charge in [0.05, 0.1) is 18.7 Å². The molecule has 2 atom stereocenters. The average molecular weight is 413 g/mol. The van der Waals surface area contributed by atoms with Crippen molar-refractivity contribution in [2.45, 2.75) is 32.5 Å². The fraction of sp³-hybridized carbons (Fsp3) is 0.667. The zero-order valence-corrected chi connectivity index (χ0v) is 17.2. The largest absolute Gasteiger partial charge is 0.416 e. The summed E-state index contributed by atoms with van der Waals surface area (Å²) >= 11 is 0. The fourth-order valence-electron chi connectivity index (χ4n) is 3.95. The van der Waals surface area contributed by atoms with E-state index in [0.29, 0.717) is 31.2 Å². The Morgan fingerprint density at radius 3 is 2.76 bits per heavy atom. The second kappa shape index (κ2) is 9.80. The van der Waals surface area contributed by atoms with Crippen LogP contribution < -0.4 is 5.32 Å². The van der Waals surface area contributed by atoms with Gasteiger partial charge in [-0.1, -0.05) is 19.1 Å². The van der Waals surface area contributed by atoms with Crippen LogP contribution in [0.4, 0.5) is 13.2 Å². The van der Waals surface area contributed by atoms with Gasteiger partial charge in [-0.25, -0.2) is 0 Å². The molecule has 1 N–H and O–H groups in total. The van der Waals surface area contributed by atoms with Crippen molar-refractivity contribution in [3.8, 4) is 0 Å². The molecule has 0 spiro atoms. The molecule has 1 aromatic carbocycles. The zero-order valence-electron chi connectivity index (χ0n) is 17.2. The molecular weight excluding hydrogens is 381 g/mol. The topological polar surface area (TPSA) is 40.1 Å². The van der Waals surface area contributed by atoms with Gasteiger partial charge in [-0.05, 0) is 50.0 Å². The highest BCUT2D eigenvalue weighted by atomic mass is 19.4. The maximum absolute atomic E-state index is 13.1. The van der Waals surface area contributed by atoms with Crippen molar-refractivity contribution in [2.75, 3.05) is 52.4 Å². The number of rotatable bonds is 5. The molecule has 0 amide bonds. The van der Waals surface area contributed by atoms with E-state index in [1.165, 1.54) is 12.1 Å². The van der Waals surface area contributed by atoms with Crippen molar-refractivity contribution in [3.05, 3.63) is 35.4 Å². The first-order chi connectivity index (χ1) is 13.9.